The fraction of sp³-hybridized carbons (Fsp3) is 0.429. The van der Waals surface area contributed by atoms with E-state index >= 15 is 0 Å². The van der Waals surface area contributed by atoms with E-state index in [1.165, 1.54) is 0 Å². The second kappa shape index (κ2) is 8.84. The van der Waals surface area contributed by atoms with Crippen LogP contribution in [0.4, 0.5) is 0 Å². The standard InChI is InChI=1S/C14H17ClN2OS/c1-3-5-12-9-11(10-13(15)17-12)14(18)16-6-8-19-7-4-2/h2,9-10H,3,5-8H2,1H3,(H,16,18). The van der Waals surface area contributed by atoms with E-state index in [9.17, 15) is 4.79 Å². The topological polar surface area (TPSA) is 42.0 Å². The first-order valence-corrected chi connectivity index (χ1v) is 7.66. The summed E-state index contributed by atoms with van der Waals surface area (Å²) in [6.07, 6.45) is 6.93. The van der Waals surface area contributed by atoms with E-state index in [2.05, 4.69) is 23.1 Å². The first-order chi connectivity index (χ1) is 9.17. The molecule has 1 N–H and O–H groups in total. The van der Waals surface area contributed by atoms with Crippen LogP contribution in [0.1, 0.15) is 29.4 Å². The monoisotopic (exact) mass is 296 g/mol. The zero-order valence-corrected chi connectivity index (χ0v) is 12.5. The lowest BCUT2D eigenvalue weighted by Crippen LogP contribution is -2.26. The van der Waals surface area contributed by atoms with Gasteiger partial charge in [0.25, 0.3) is 5.91 Å². The number of carbonyl (C=O) groups is 1. The van der Waals surface area contributed by atoms with E-state index in [-0.39, 0.29) is 5.91 Å². The van der Waals surface area contributed by atoms with Gasteiger partial charge in [0, 0.05) is 23.6 Å². The van der Waals surface area contributed by atoms with Crippen molar-refractivity contribution in [2.24, 2.45) is 0 Å². The predicted molar refractivity (Wildman–Crippen MR) is 81.7 cm³/mol. The Morgan fingerprint density at radius 1 is 1.58 bits per heavy atom. The van der Waals surface area contributed by atoms with Crippen molar-refractivity contribution in [3.05, 3.63) is 28.5 Å². The maximum Gasteiger partial charge on any atom is 0.251 e. The number of terminal acetylenes is 1. The number of hydrogen-bond acceptors (Lipinski definition) is 3. The molecule has 0 bridgehead atoms. The van der Waals surface area contributed by atoms with Gasteiger partial charge in [-0.1, -0.05) is 30.9 Å². The number of aromatic nitrogens is 1. The van der Waals surface area contributed by atoms with Crippen molar-refractivity contribution in [1.29, 1.82) is 0 Å². The number of carbonyl (C=O) groups excluding carboxylic acids is 1. The lowest BCUT2D eigenvalue weighted by atomic mass is 10.1. The molecule has 102 valence electrons. The quantitative estimate of drug-likeness (QED) is 0.478. The van der Waals surface area contributed by atoms with Crippen molar-refractivity contribution in [2.75, 3.05) is 18.1 Å². The number of thioether (sulfide) groups is 1. The molecule has 1 aromatic heterocycles. The van der Waals surface area contributed by atoms with Crippen molar-refractivity contribution < 1.29 is 4.79 Å². The lowest BCUT2D eigenvalue weighted by Gasteiger charge is -2.06. The number of nitrogens with one attached hydrogen (secondary N) is 1. The Labute approximate surface area is 123 Å². The van der Waals surface area contributed by atoms with Gasteiger partial charge in [-0.3, -0.25) is 4.79 Å². The van der Waals surface area contributed by atoms with Crippen LogP contribution in [0.25, 0.3) is 0 Å². The number of halogens is 1. The number of nitrogens with zero attached hydrogens (tertiary/aromatic N) is 1. The summed E-state index contributed by atoms with van der Waals surface area (Å²) >= 11 is 7.53. The van der Waals surface area contributed by atoms with E-state index in [0.29, 0.717) is 23.0 Å². The van der Waals surface area contributed by atoms with E-state index in [4.69, 9.17) is 18.0 Å². The van der Waals surface area contributed by atoms with Crippen molar-refractivity contribution in [3.8, 4) is 12.3 Å². The third-order valence-electron chi connectivity index (χ3n) is 2.33. The zero-order chi connectivity index (χ0) is 14.1. The van der Waals surface area contributed by atoms with Gasteiger partial charge in [-0.25, -0.2) is 4.98 Å². The number of aryl methyl sites for hydroxylation is 1. The lowest BCUT2D eigenvalue weighted by molar-refractivity contribution is 0.0956. The molecular formula is C14H17ClN2OS. The summed E-state index contributed by atoms with van der Waals surface area (Å²) in [5, 5.41) is 3.20. The fourth-order valence-corrected chi connectivity index (χ4v) is 2.27. The molecule has 19 heavy (non-hydrogen) atoms. The minimum atomic E-state index is -0.122. The highest BCUT2D eigenvalue weighted by Gasteiger charge is 2.08. The Balaban J connectivity index is 2.54. The predicted octanol–water partition coefficient (Wildman–Crippen LogP) is 2.78. The van der Waals surface area contributed by atoms with Gasteiger partial charge in [0.2, 0.25) is 0 Å². The molecule has 0 aromatic carbocycles. The highest BCUT2D eigenvalue weighted by atomic mass is 35.5. The van der Waals surface area contributed by atoms with E-state index in [1.807, 2.05) is 0 Å². The first kappa shape index (κ1) is 15.9. The molecule has 3 nitrogen and oxygen atoms in total. The molecule has 1 amide bonds. The number of pyridine rings is 1. The van der Waals surface area contributed by atoms with Gasteiger partial charge in [0.05, 0.1) is 5.75 Å². The van der Waals surface area contributed by atoms with Crippen molar-refractivity contribution in [1.82, 2.24) is 10.3 Å². The summed E-state index contributed by atoms with van der Waals surface area (Å²) in [4.78, 5) is 16.1. The molecule has 1 aromatic rings. The van der Waals surface area contributed by atoms with Gasteiger partial charge in [0.1, 0.15) is 5.15 Å². The largest absolute Gasteiger partial charge is 0.351 e. The van der Waals surface area contributed by atoms with Crippen molar-refractivity contribution in [3.63, 3.8) is 0 Å². The van der Waals surface area contributed by atoms with Gasteiger partial charge in [-0.2, -0.15) is 0 Å². The molecule has 0 aliphatic heterocycles. The normalized spacial score (nSPS) is 9.95. The van der Waals surface area contributed by atoms with Gasteiger partial charge in [-0.05, 0) is 18.6 Å². The summed E-state index contributed by atoms with van der Waals surface area (Å²) < 4.78 is 0. The van der Waals surface area contributed by atoms with Crippen LogP contribution >= 0.6 is 23.4 Å². The summed E-state index contributed by atoms with van der Waals surface area (Å²) in [7, 11) is 0. The maximum atomic E-state index is 11.9. The molecule has 5 heteroatoms. The summed E-state index contributed by atoms with van der Waals surface area (Å²) in [5.41, 5.74) is 1.41. The van der Waals surface area contributed by atoms with Crippen LogP contribution in [0.2, 0.25) is 5.15 Å². The number of rotatable bonds is 7. The van der Waals surface area contributed by atoms with Crippen LogP contribution in [0.3, 0.4) is 0 Å². The fourth-order valence-electron chi connectivity index (χ4n) is 1.54. The average Bonchev–Trinajstić information content (AvgIpc) is 2.38. The Bertz CT molecular complexity index is 471. The molecule has 0 saturated carbocycles. The zero-order valence-electron chi connectivity index (χ0n) is 10.9. The molecule has 0 unspecified atom stereocenters. The highest BCUT2D eigenvalue weighted by Crippen LogP contribution is 2.12. The van der Waals surface area contributed by atoms with E-state index in [1.54, 1.807) is 23.9 Å². The van der Waals surface area contributed by atoms with Gasteiger partial charge < -0.3 is 5.32 Å². The molecule has 0 fully saturated rings. The second-order valence-corrected chi connectivity index (χ2v) is 5.42. The molecule has 0 spiro atoms. The molecule has 0 radical (unpaired) electrons. The number of amides is 1. The van der Waals surface area contributed by atoms with E-state index < -0.39 is 0 Å². The molecule has 0 aliphatic rings. The van der Waals surface area contributed by atoms with Crippen LogP contribution in [0.5, 0.6) is 0 Å². The van der Waals surface area contributed by atoms with Gasteiger partial charge in [-0.15, -0.1) is 18.2 Å². The van der Waals surface area contributed by atoms with Gasteiger partial charge in [0.15, 0.2) is 0 Å². The molecule has 0 saturated heterocycles. The first-order valence-electron chi connectivity index (χ1n) is 6.13. The molecule has 1 heterocycles. The Morgan fingerprint density at radius 3 is 3.05 bits per heavy atom. The van der Waals surface area contributed by atoms with Gasteiger partial charge >= 0.3 is 0 Å². The average molecular weight is 297 g/mol. The third-order valence-corrected chi connectivity index (χ3v) is 3.39. The Morgan fingerprint density at radius 2 is 2.37 bits per heavy atom. The molecule has 1 rings (SSSR count). The second-order valence-electron chi connectivity index (χ2n) is 3.93. The van der Waals surface area contributed by atoms with Crippen LogP contribution < -0.4 is 5.32 Å². The molecule has 0 aliphatic carbocycles. The summed E-state index contributed by atoms with van der Waals surface area (Å²) in [5.74, 6) is 3.89. The highest BCUT2D eigenvalue weighted by molar-refractivity contribution is 7.99. The van der Waals surface area contributed by atoms with E-state index in [0.717, 1.165) is 24.3 Å². The summed E-state index contributed by atoms with van der Waals surface area (Å²) in [6, 6.07) is 3.38. The molecule has 0 atom stereocenters. The van der Waals surface area contributed by atoms with Crippen LogP contribution in [-0.4, -0.2) is 28.9 Å². The maximum absolute atomic E-state index is 11.9. The molecular weight excluding hydrogens is 280 g/mol. The number of hydrogen-bond donors (Lipinski definition) is 1. The van der Waals surface area contributed by atoms with Crippen LogP contribution in [0, 0.1) is 12.3 Å². The SMILES string of the molecule is C#CCSCCNC(=O)c1cc(Cl)nc(CCC)c1. The van der Waals surface area contributed by atoms with Crippen molar-refractivity contribution in [2.45, 2.75) is 19.8 Å². The summed E-state index contributed by atoms with van der Waals surface area (Å²) in [6.45, 7) is 2.65. The minimum absolute atomic E-state index is 0.122. The minimum Gasteiger partial charge on any atom is -0.351 e. The smallest absolute Gasteiger partial charge is 0.251 e. The Kier molecular flexibility index (Phi) is 7.39. The van der Waals surface area contributed by atoms with Crippen LogP contribution in [-0.2, 0) is 6.42 Å². The van der Waals surface area contributed by atoms with Crippen molar-refractivity contribution >= 4 is 29.3 Å². The third kappa shape index (κ3) is 6.00. The Hall–Kier alpha value is -1.18. The van der Waals surface area contributed by atoms with Crippen LogP contribution in [0.15, 0.2) is 12.1 Å².